The summed E-state index contributed by atoms with van der Waals surface area (Å²) in [4.78, 5) is 14.8. The van der Waals surface area contributed by atoms with Crippen LogP contribution in [0.3, 0.4) is 0 Å². The standard InChI is InChI=1S/C12H18N2O2S/c1-9(17-2)6-7-13-8-10-4-3-5-11(14-10)12(15)16/h3-5,9,13H,6-8H2,1-2H3,(H,15,16). The van der Waals surface area contributed by atoms with Gasteiger partial charge in [0.15, 0.2) is 0 Å². The van der Waals surface area contributed by atoms with Crippen molar-refractivity contribution in [1.29, 1.82) is 0 Å². The molecule has 0 amide bonds. The number of thioether (sulfide) groups is 1. The zero-order valence-corrected chi connectivity index (χ0v) is 11.0. The van der Waals surface area contributed by atoms with Crippen molar-refractivity contribution in [2.24, 2.45) is 0 Å². The van der Waals surface area contributed by atoms with E-state index in [1.54, 1.807) is 6.07 Å². The van der Waals surface area contributed by atoms with Gasteiger partial charge in [-0.25, -0.2) is 9.78 Å². The molecule has 17 heavy (non-hydrogen) atoms. The minimum absolute atomic E-state index is 0.0989. The summed E-state index contributed by atoms with van der Waals surface area (Å²) >= 11 is 1.84. The molecule has 0 saturated heterocycles. The van der Waals surface area contributed by atoms with E-state index >= 15 is 0 Å². The van der Waals surface area contributed by atoms with Crippen LogP contribution >= 0.6 is 11.8 Å². The van der Waals surface area contributed by atoms with Crippen LogP contribution in [0.5, 0.6) is 0 Å². The van der Waals surface area contributed by atoms with Gasteiger partial charge in [0.25, 0.3) is 0 Å². The number of rotatable bonds is 7. The van der Waals surface area contributed by atoms with Crippen molar-refractivity contribution in [3.05, 3.63) is 29.6 Å². The SMILES string of the molecule is CSC(C)CCNCc1cccc(C(=O)O)n1. The fourth-order valence-corrected chi connectivity index (χ4v) is 1.69. The smallest absolute Gasteiger partial charge is 0.354 e. The van der Waals surface area contributed by atoms with Crippen LogP contribution in [0.1, 0.15) is 29.5 Å². The van der Waals surface area contributed by atoms with Crippen molar-refractivity contribution >= 4 is 17.7 Å². The molecular formula is C12H18N2O2S. The van der Waals surface area contributed by atoms with Crippen LogP contribution in [0.2, 0.25) is 0 Å². The van der Waals surface area contributed by atoms with Gasteiger partial charge >= 0.3 is 5.97 Å². The lowest BCUT2D eigenvalue weighted by Crippen LogP contribution is -2.18. The number of pyridine rings is 1. The molecule has 1 unspecified atom stereocenters. The van der Waals surface area contributed by atoms with Crippen molar-refractivity contribution in [2.75, 3.05) is 12.8 Å². The molecule has 0 aliphatic rings. The Morgan fingerprint density at radius 2 is 2.35 bits per heavy atom. The largest absolute Gasteiger partial charge is 0.477 e. The molecule has 0 aliphatic heterocycles. The van der Waals surface area contributed by atoms with Crippen LogP contribution in [0, 0.1) is 0 Å². The molecule has 94 valence electrons. The van der Waals surface area contributed by atoms with E-state index in [4.69, 9.17) is 5.11 Å². The second kappa shape index (κ2) is 7.29. The lowest BCUT2D eigenvalue weighted by molar-refractivity contribution is 0.0690. The highest BCUT2D eigenvalue weighted by Crippen LogP contribution is 2.08. The van der Waals surface area contributed by atoms with Crippen LogP contribution in [0.25, 0.3) is 0 Å². The van der Waals surface area contributed by atoms with E-state index in [0.29, 0.717) is 11.8 Å². The van der Waals surface area contributed by atoms with Gasteiger partial charge in [-0.15, -0.1) is 0 Å². The highest BCUT2D eigenvalue weighted by molar-refractivity contribution is 7.99. The lowest BCUT2D eigenvalue weighted by atomic mass is 10.3. The number of carboxylic acids is 1. The third kappa shape index (κ3) is 5.19. The maximum Gasteiger partial charge on any atom is 0.354 e. The van der Waals surface area contributed by atoms with Gasteiger partial charge in [-0.1, -0.05) is 13.0 Å². The summed E-state index contributed by atoms with van der Waals surface area (Å²) in [6, 6.07) is 5.05. The minimum atomic E-state index is -0.983. The number of aromatic carboxylic acids is 1. The Morgan fingerprint density at radius 1 is 1.59 bits per heavy atom. The number of hydrogen-bond acceptors (Lipinski definition) is 4. The van der Waals surface area contributed by atoms with E-state index in [2.05, 4.69) is 23.5 Å². The van der Waals surface area contributed by atoms with E-state index in [1.165, 1.54) is 6.07 Å². The van der Waals surface area contributed by atoms with Gasteiger partial charge in [-0.2, -0.15) is 11.8 Å². The number of hydrogen-bond donors (Lipinski definition) is 2. The van der Waals surface area contributed by atoms with Crippen molar-refractivity contribution in [2.45, 2.75) is 25.1 Å². The predicted octanol–water partition coefficient (Wildman–Crippen LogP) is 2.01. The Bertz CT molecular complexity index is 371. The van der Waals surface area contributed by atoms with Crippen LogP contribution in [-0.2, 0) is 6.54 Å². The first kappa shape index (κ1) is 14.0. The predicted molar refractivity (Wildman–Crippen MR) is 70.5 cm³/mol. The number of carbonyl (C=O) groups is 1. The molecule has 0 aliphatic carbocycles. The Labute approximate surface area is 106 Å². The van der Waals surface area contributed by atoms with Crippen LogP contribution < -0.4 is 5.32 Å². The molecule has 5 heteroatoms. The molecule has 2 N–H and O–H groups in total. The lowest BCUT2D eigenvalue weighted by Gasteiger charge is -2.08. The molecule has 1 aromatic rings. The molecular weight excluding hydrogens is 236 g/mol. The number of aromatic nitrogens is 1. The Hall–Kier alpha value is -1.07. The third-order valence-corrected chi connectivity index (χ3v) is 3.50. The molecule has 0 saturated carbocycles. The monoisotopic (exact) mass is 254 g/mol. The van der Waals surface area contributed by atoms with Gasteiger partial charge in [-0.3, -0.25) is 0 Å². The molecule has 1 rings (SSSR count). The summed E-state index contributed by atoms with van der Waals surface area (Å²) < 4.78 is 0. The number of nitrogens with one attached hydrogen (secondary N) is 1. The van der Waals surface area contributed by atoms with Gasteiger partial charge in [0.1, 0.15) is 5.69 Å². The maximum absolute atomic E-state index is 10.7. The fraction of sp³-hybridized carbons (Fsp3) is 0.500. The molecule has 0 spiro atoms. The van der Waals surface area contributed by atoms with E-state index < -0.39 is 5.97 Å². The van der Waals surface area contributed by atoms with Gasteiger partial charge in [0.05, 0.1) is 5.69 Å². The molecule has 0 fully saturated rings. The average Bonchev–Trinajstić information content (AvgIpc) is 2.34. The van der Waals surface area contributed by atoms with Gasteiger partial charge < -0.3 is 10.4 Å². The van der Waals surface area contributed by atoms with E-state index in [9.17, 15) is 4.79 Å². The quantitative estimate of drug-likeness (QED) is 0.729. The van der Waals surface area contributed by atoms with Gasteiger partial charge in [0, 0.05) is 11.8 Å². The molecule has 4 nitrogen and oxygen atoms in total. The first-order chi connectivity index (χ1) is 8.13. The summed E-state index contributed by atoms with van der Waals surface area (Å²) in [5.41, 5.74) is 0.864. The molecule has 0 aromatic carbocycles. The number of carboxylic acid groups (broad SMARTS) is 1. The Kier molecular flexibility index (Phi) is 6.00. The second-order valence-corrected chi connectivity index (χ2v) is 5.11. The normalized spacial score (nSPS) is 12.4. The minimum Gasteiger partial charge on any atom is -0.477 e. The first-order valence-electron chi connectivity index (χ1n) is 5.56. The summed E-state index contributed by atoms with van der Waals surface area (Å²) in [5, 5.41) is 12.7. The summed E-state index contributed by atoms with van der Waals surface area (Å²) in [7, 11) is 0. The highest BCUT2D eigenvalue weighted by Gasteiger charge is 2.04. The topological polar surface area (TPSA) is 62.2 Å². The van der Waals surface area contributed by atoms with Crippen molar-refractivity contribution in [3.8, 4) is 0 Å². The molecule has 0 bridgehead atoms. The number of nitrogens with zero attached hydrogens (tertiary/aromatic N) is 1. The average molecular weight is 254 g/mol. The Morgan fingerprint density at radius 3 is 3.00 bits per heavy atom. The Balaban J connectivity index is 2.36. The van der Waals surface area contributed by atoms with Crippen molar-refractivity contribution < 1.29 is 9.90 Å². The molecule has 1 atom stereocenters. The van der Waals surface area contributed by atoms with Crippen molar-refractivity contribution in [1.82, 2.24) is 10.3 Å². The zero-order chi connectivity index (χ0) is 12.7. The van der Waals surface area contributed by atoms with Gasteiger partial charge in [-0.05, 0) is 31.4 Å². The first-order valence-corrected chi connectivity index (χ1v) is 6.85. The van der Waals surface area contributed by atoms with Crippen LogP contribution in [0.15, 0.2) is 18.2 Å². The van der Waals surface area contributed by atoms with E-state index in [0.717, 1.165) is 18.7 Å². The third-order valence-electron chi connectivity index (χ3n) is 2.46. The van der Waals surface area contributed by atoms with E-state index in [-0.39, 0.29) is 5.69 Å². The summed E-state index contributed by atoms with van der Waals surface area (Å²) in [6.07, 6.45) is 3.20. The second-order valence-electron chi connectivity index (χ2n) is 3.83. The van der Waals surface area contributed by atoms with Crippen LogP contribution in [0.4, 0.5) is 0 Å². The molecule has 1 heterocycles. The zero-order valence-electron chi connectivity index (χ0n) is 10.1. The molecule has 0 radical (unpaired) electrons. The van der Waals surface area contributed by atoms with Crippen LogP contribution in [-0.4, -0.2) is 34.1 Å². The van der Waals surface area contributed by atoms with Gasteiger partial charge in [0.2, 0.25) is 0 Å². The summed E-state index contributed by atoms with van der Waals surface area (Å²) in [6.45, 7) is 3.72. The van der Waals surface area contributed by atoms with Crippen molar-refractivity contribution in [3.63, 3.8) is 0 Å². The maximum atomic E-state index is 10.7. The fourth-order valence-electron chi connectivity index (χ4n) is 1.34. The highest BCUT2D eigenvalue weighted by atomic mass is 32.2. The summed E-state index contributed by atoms with van der Waals surface area (Å²) in [5.74, 6) is -0.983. The van der Waals surface area contributed by atoms with E-state index in [1.807, 2.05) is 17.8 Å². The molecule has 1 aromatic heterocycles.